The zero-order valence-corrected chi connectivity index (χ0v) is 9.48. The van der Waals surface area contributed by atoms with Crippen molar-refractivity contribution in [3.05, 3.63) is 22.7 Å². The lowest BCUT2D eigenvalue weighted by atomic mass is 10.0. The van der Waals surface area contributed by atoms with Gasteiger partial charge in [0.2, 0.25) is 0 Å². The summed E-state index contributed by atoms with van der Waals surface area (Å²) in [6.07, 6.45) is 0. The van der Waals surface area contributed by atoms with E-state index < -0.39 is 0 Å². The van der Waals surface area contributed by atoms with Gasteiger partial charge in [0.1, 0.15) is 5.52 Å². The van der Waals surface area contributed by atoms with Gasteiger partial charge in [0.25, 0.3) is 0 Å². The molecule has 0 saturated carbocycles. The molecule has 2 aromatic rings. The van der Waals surface area contributed by atoms with Gasteiger partial charge in [0, 0.05) is 0 Å². The average Bonchev–Trinajstić information content (AvgIpc) is 2.45. The summed E-state index contributed by atoms with van der Waals surface area (Å²) >= 11 is 1.71. The van der Waals surface area contributed by atoms with E-state index in [1.807, 2.05) is 13.0 Å². The number of fused-ring (bicyclic) bond motifs is 1. The molecule has 0 bridgehead atoms. The highest BCUT2D eigenvalue weighted by molar-refractivity contribution is 7.18. The van der Waals surface area contributed by atoms with Gasteiger partial charge in [0.15, 0.2) is 0 Å². The van der Waals surface area contributed by atoms with Gasteiger partial charge in [-0.2, -0.15) is 0 Å². The second-order valence-corrected chi connectivity index (χ2v) is 5.08. The number of aromatic nitrogens is 1. The topological polar surface area (TPSA) is 38.9 Å². The van der Waals surface area contributed by atoms with Crippen LogP contribution in [-0.2, 0) is 0 Å². The van der Waals surface area contributed by atoms with Crippen LogP contribution in [0.15, 0.2) is 12.1 Å². The highest BCUT2D eigenvalue weighted by Crippen LogP contribution is 2.30. The summed E-state index contributed by atoms with van der Waals surface area (Å²) in [5.74, 6) is 0.518. The number of anilines is 1. The number of nitrogens with two attached hydrogens (primary N) is 1. The molecule has 1 heterocycles. The molecule has 0 unspecified atom stereocenters. The quantitative estimate of drug-likeness (QED) is 0.727. The molecular weight excluding hydrogens is 192 g/mol. The SMILES string of the molecule is Cc1nc2c(N)cc(C(C)C)cc2s1. The zero-order valence-electron chi connectivity index (χ0n) is 8.66. The van der Waals surface area contributed by atoms with Crippen molar-refractivity contribution in [2.24, 2.45) is 0 Å². The van der Waals surface area contributed by atoms with E-state index in [0.717, 1.165) is 16.2 Å². The smallest absolute Gasteiger partial charge is 0.104 e. The molecule has 2 N–H and O–H groups in total. The Morgan fingerprint density at radius 3 is 2.71 bits per heavy atom. The number of aryl methyl sites for hydroxylation is 1. The molecule has 0 aliphatic rings. The lowest BCUT2D eigenvalue weighted by molar-refractivity contribution is 0.869. The molecule has 14 heavy (non-hydrogen) atoms. The third kappa shape index (κ3) is 1.48. The Morgan fingerprint density at radius 2 is 2.07 bits per heavy atom. The number of rotatable bonds is 1. The van der Waals surface area contributed by atoms with Gasteiger partial charge in [0.05, 0.1) is 15.4 Å². The number of hydrogen-bond donors (Lipinski definition) is 1. The largest absolute Gasteiger partial charge is 0.397 e. The number of nitrogens with zero attached hydrogens (tertiary/aromatic N) is 1. The number of benzene rings is 1. The molecule has 0 fully saturated rings. The first kappa shape index (κ1) is 9.46. The van der Waals surface area contributed by atoms with E-state index in [1.165, 1.54) is 10.3 Å². The van der Waals surface area contributed by atoms with Crippen LogP contribution in [0.4, 0.5) is 5.69 Å². The second-order valence-electron chi connectivity index (χ2n) is 3.84. The average molecular weight is 206 g/mol. The van der Waals surface area contributed by atoms with E-state index in [1.54, 1.807) is 11.3 Å². The third-order valence-electron chi connectivity index (χ3n) is 2.32. The maximum Gasteiger partial charge on any atom is 0.104 e. The fourth-order valence-corrected chi connectivity index (χ4v) is 2.43. The lowest BCUT2D eigenvalue weighted by Crippen LogP contribution is -1.92. The van der Waals surface area contributed by atoms with Gasteiger partial charge in [-0.3, -0.25) is 0 Å². The van der Waals surface area contributed by atoms with Crippen LogP contribution in [0.1, 0.15) is 30.3 Å². The van der Waals surface area contributed by atoms with E-state index in [4.69, 9.17) is 5.73 Å². The van der Waals surface area contributed by atoms with E-state index >= 15 is 0 Å². The van der Waals surface area contributed by atoms with Crippen molar-refractivity contribution in [2.45, 2.75) is 26.7 Å². The molecule has 3 heteroatoms. The molecule has 1 aromatic carbocycles. The molecule has 0 amide bonds. The molecule has 74 valence electrons. The van der Waals surface area contributed by atoms with Gasteiger partial charge in [-0.05, 0) is 30.5 Å². The minimum Gasteiger partial charge on any atom is -0.397 e. The van der Waals surface area contributed by atoms with E-state index in [9.17, 15) is 0 Å². The highest BCUT2D eigenvalue weighted by Gasteiger charge is 2.08. The molecule has 0 atom stereocenters. The van der Waals surface area contributed by atoms with Crippen molar-refractivity contribution in [3.8, 4) is 0 Å². The van der Waals surface area contributed by atoms with Crippen LogP contribution in [0, 0.1) is 6.92 Å². The Morgan fingerprint density at radius 1 is 1.36 bits per heavy atom. The van der Waals surface area contributed by atoms with Crippen molar-refractivity contribution in [1.82, 2.24) is 4.98 Å². The molecule has 2 nitrogen and oxygen atoms in total. The first-order chi connectivity index (χ1) is 6.58. The minimum atomic E-state index is 0.518. The Labute approximate surface area is 87.8 Å². The van der Waals surface area contributed by atoms with Gasteiger partial charge < -0.3 is 5.73 Å². The lowest BCUT2D eigenvalue weighted by Gasteiger charge is -2.06. The fourth-order valence-electron chi connectivity index (χ4n) is 1.52. The number of nitrogen functional groups attached to an aromatic ring is 1. The summed E-state index contributed by atoms with van der Waals surface area (Å²) in [6.45, 7) is 6.36. The van der Waals surface area contributed by atoms with Gasteiger partial charge in [-0.1, -0.05) is 13.8 Å². The number of thiazole rings is 1. The van der Waals surface area contributed by atoms with Crippen molar-refractivity contribution in [2.75, 3.05) is 5.73 Å². The second kappa shape index (κ2) is 3.24. The zero-order chi connectivity index (χ0) is 10.3. The molecule has 0 aliphatic heterocycles. The van der Waals surface area contributed by atoms with Crippen LogP contribution in [0.2, 0.25) is 0 Å². The maximum atomic E-state index is 5.95. The van der Waals surface area contributed by atoms with Crippen LogP contribution in [0.3, 0.4) is 0 Å². The van der Waals surface area contributed by atoms with Crippen LogP contribution < -0.4 is 5.73 Å². The molecular formula is C11H14N2S. The summed E-state index contributed by atoms with van der Waals surface area (Å²) in [7, 11) is 0. The summed E-state index contributed by atoms with van der Waals surface area (Å²) in [6, 6.07) is 4.23. The minimum absolute atomic E-state index is 0.518. The van der Waals surface area contributed by atoms with E-state index in [-0.39, 0.29) is 0 Å². The predicted octanol–water partition coefficient (Wildman–Crippen LogP) is 3.31. The first-order valence-corrected chi connectivity index (χ1v) is 5.56. The van der Waals surface area contributed by atoms with Crippen LogP contribution >= 0.6 is 11.3 Å². The van der Waals surface area contributed by atoms with Crippen LogP contribution in [0.25, 0.3) is 10.2 Å². The first-order valence-electron chi connectivity index (χ1n) is 4.74. The summed E-state index contributed by atoms with van der Waals surface area (Å²) in [4.78, 5) is 4.41. The molecule has 1 aromatic heterocycles. The van der Waals surface area contributed by atoms with Crippen molar-refractivity contribution < 1.29 is 0 Å². The molecule has 0 aliphatic carbocycles. The van der Waals surface area contributed by atoms with Crippen molar-refractivity contribution in [3.63, 3.8) is 0 Å². The fraction of sp³-hybridized carbons (Fsp3) is 0.364. The van der Waals surface area contributed by atoms with Gasteiger partial charge in [-0.25, -0.2) is 4.98 Å². The van der Waals surface area contributed by atoms with E-state index in [2.05, 4.69) is 24.9 Å². The summed E-state index contributed by atoms with van der Waals surface area (Å²) in [5.41, 5.74) is 9.00. The Bertz CT molecular complexity index is 471. The van der Waals surface area contributed by atoms with Crippen LogP contribution in [-0.4, -0.2) is 4.98 Å². The van der Waals surface area contributed by atoms with Crippen LogP contribution in [0.5, 0.6) is 0 Å². The number of hydrogen-bond acceptors (Lipinski definition) is 3. The highest BCUT2D eigenvalue weighted by atomic mass is 32.1. The predicted molar refractivity (Wildman–Crippen MR) is 62.9 cm³/mol. The maximum absolute atomic E-state index is 5.95. The Kier molecular flexibility index (Phi) is 2.19. The van der Waals surface area contributed by atoms with Crippen molar-refractivity contribution in [1.29, 1.82) is 0 Å². The molecule has 2 rings (SSSR count). The molecule has 0 saturated heterocycles. The Hall–Kier alpha value is -1.09. The van der Waals surface area contributed by atoms with Gasteiger partial charge in [-0.15, -0.1) is 11.3 Å². The monoisotopic (exact) mass is 206 g/mol. The third-order valence-corrected chi connectivity index (χ3v) is 3.24. The van der Waals surface area contributed by atoms with Crippen molar-refractivity contribution >= 4 is 27.2 Å². The summed E-state index contributed by atoms with van der Waals surface area (Å²) in [5, 5.41) is 1.08. The Balaban J connectivity index is 2.71. The van der Waals surface area contributed by atoms with Gasteiger partial charge >= 0.3 is 0 Å². The standard InChI is InChI=1S/C11H14N2S/c1-6(2)8-4-9(12)11-10(5-8)14-7(3)13-11/h4-6H,12H2,1-3H3. The summed E-state index contributed by atoms with van der Waals surface area (Å²) < 4.78 is 1.20. The molecule has 0 spiro atoms. The van der Waals surface area contributed by atoms with E-state index in [0.29, 0.717) is 5.92 Å². The normalized spacial score (nSPS) is 11.4. The molecule has 0 radical (unpaired) electrons.